The maximum absolute atomic E-state index is 11.0. The third kappa shape index (κ3) is 2.40. The van der Waals surface area contributed by atoms with Crippen molar-refractivity contribution in [3.63, 3.8) is 0 Å². The zero-order chi connectivity index (χ0) is 20.2. The Balaban J connectivity index is 1.76. The second kappa shape index (κ2) is 6.57. The van der Waals surface area contributed by atoms with E-state index in [2.05, 4.69) is 47.6 Å². The molecule has 0 spiro atoms. The molecule has 5 aromatic rings. The SMILES string of the molecule is OCCOc1ccc2cc3c4c(cc5c6ccccc6c[nH+]c35)CCCc4c2c1O. The molecule has 148 valence electrons. The van der Waals surface area contributed by atoms with Crippen LogP contribution in [-0.2, 0) is 12.8 Å². The van der Waals surface area contributed by atoms with Gasteiger partial charge in [0, 0.05) is 16.2 Å². The van der Waals surface area contributed by atoms with Gasteiger partial charge in [-0.2, -0.15) is 0 Å². The minimum Gasteiger partial charge on any atom is -0.504 e. The molecule has 0 radical (unpaired) electrons. The molecule has 4 nitrogen and oxygen atoms in total. The number of ether oxygens (including phenoxy) is 1. The highest BCUT2D eigenvalue weighted by molar-refractivity contribution is 6.19. The number of benzene rings is 4. The molecule has 4 heteroatoms. The molecule has 1 heterocycles. The first kappa shape index (κ1) is 17.5. The lowest BCUT2D eigenvalue weighted by molar-refractivity contribution is -0.341. The molecule has 0 amide bonds. The van der Waals surface area contributed by atoms with Crippen molar-refractivity contribution in [2.45, 2.75) is 19.3 Å². The van der Waals surface area contributed by atoms with Crippen LogP contribution in [0.2, 0.25) is 0 Å². The highest BCUT2D eigenvalue weighted by atomic mass is 16.5. The van der Waals surface area contributed by atoms with E-state index in [9.17, 15) is 5.11 Å². The Morgan fingerprint density at radius 1 is 0.900 bits per heavy atom. The number of aromatic nitrogens is 1. The lowest BCUT2D eigenvalue weighted by Gasteiger charge is -2.21. The van der Waals surface area contributed by atoms with Gasteiger partial charge in [0.05, 0.1) is 17.4 Å². The van der Waals surface area contributed by atoms with Crippen molar-refractivity contribution in [3.8, 4) is 11.5 Å². The smallest absolute Gasteiger partial charge is 0.219 e. The van der Waals surface area contributed by atoms with Crippen LogP contribution in [0, 0.1) is 0 Å². The Morgan fingerprint density at radius 2 is 1.80 bits per heavy atom. The van der Waals surface area contributed by atoms with E-state index in [4.69, 9.17) is 9.84 Å². The second-order valence-electron chi connectivity index (χ2n) is 8.05. The Morgan fingerprint density at radius 3 is 2.70 bits per heavy atom. The average molecular weight is 396 g/mol. The number of pyridine rings is 1. The van der Waals surface area contributed by atoms with Gasteiger partial charge in [-0.3, -0.25) is 0 Å². The summed E-state index contributed by atoms with van der Waals surface area (Å²) in [5.41, 5.74) is 3.67. The normalized spacial score (nSPS) is 13.5. The van der Waals surface area contributed by atoms with Crippen LogP contribution in [0.25, 0.3) is 43.2 Å². The molecule has 3 N–H and O–H groups in total. The number of hydrogen-bond acceptors (Lipinski definition) is 3. The molecule has 1 aliphatic carbocycles. The maximum atomic E-state index is 11.0. The third-order valence-corrected chi connectivity index (χ3v) is 6.37. The molecule has 0 fully saturated rings. The van der Waals surface area contributed by atoms with Crippen LogP contribution in [0.4, 0.5) is 0 Å². The van der Waals surface area contributed by atoms with E-state index >= 15 is 0 Å². The van der Waals surface area contributed by atoms with Crippen molar-refractivity contribution in [2.75, 3.05) is 13.2 Å². The number of aromatic amines is 1. The first-order valence-corrected chi connectivity index (χ1v) is 10.5. The van der Waals surface area contributed by atoms with Crippen LogP contribution in [0.5, 0.6) is 11.5 Å². The molecule has 1 aromatic heterocycles. The lowest BCUT2D eigenvalue weighted by Crippen LogP contribution is -2.09. The van der Waals surface area contributed by atoms with Gasteiger partial charge in [0.25, 0.3) is 0 Å². The highest BCUT2D eigenvalue weighted by Gasteiger charge is 2.23. The Kier molecular flexibility index (Phi) is 3.83. The number of rotatable bonds is 3. The van der Waals surface area contributed by atoms with Gasteiger partial charge >= 0.3 is 0 Å². The van der Waals surface area contributed by atoms with Crippen molar-refractivity contribution in [2.24, 2.45) is 0 Å². The zero-order valence-electron chi connectivity index (χ0n) is 16.5. The summed E-state index contributed by atoms with van der Waals surface area (Å²) in [5, 5.41) is 28.1. The van der Waals surface area contributed by atoms with E-state index in [0.717, 1.165) is 35.6 Å². The summed E-state index contributed by atoms with van der Waals surface area (Å²) in [6, 6.07) is 16.8. The fourth-order valence-corrected chi connectivity index (χ4v) is 5.13. The highest BCUT2D eigenvalue weighted by Crippen LogP contribution is 2.44. The molecule has 0 atom stereocenters. The monoisotopic (exact) mass is 396 g/mol. The summed E-state index contributed by atoms with van der Waals surface area (Å²) in [7, 11) is 0. The first-order chi connectivity index (χ1) is 14.8. The first-order valence-electron chi connectivity index (χ1n) is 10.5. The summed E-state index contributed by atoms with van der Waals surface area (Å²) in [4.78, 5) is 3.54. The number of aliphatic hydroxyl groups is 1. The zero-order valence-corrected chi connectivity index (χ0v) is 16.5. The minimum absolute atomic E-state index is 0.0814. The van der Waals surface area contributed by atoms with Gasteiger partial charge in [0.1, 0.15) is 6.61 Å². The number of aryl methyl sites for hydroxylation is 2. The van der Waals surface area contributed by atoms with E-state index in [-0.39, 0.29) is 19.0 Å². The Hall–Kier alpha value is -3.37. The average Bonchev–Trinajstić information content (AvgIpc) is 2.78. The quantitative estimate of drug-likeness (QED) is 0.344. The molecule has 0 unspecified atom stereocenters. The molecule has 0 saturated carbocycles. The third-order valence-electron chi connectivity index (χ3n) is 6.37. The summed E-state index contributed by atoms with van der Waals surface area (Å²) < 4.78 is 5.57. The molecular formula is C26H22NO3+. The number of nitrogens with one attached hydrogen (secondary N) is 1. The number of aliphatic hydroxyl groups excluding tert-OH is 1. The van der Waals surface area contributed by atoms with E-state index < -0.39 is 0 Å². The predicted molar refractivity (Wildman–Crippen MR) is 119 cm³/mol. The van der Waals surface area contributed by atoms with Gasteiger partial charge in [-0.25, -0.2) is 4.98 Å². The summed E-state index contributed by atoms with van der Waals surface area (Å²) in [6.07, 6.45) is 5.10. The molecule has 30 heavy (non-hydrogen) atoms. The summed E-state index contributed by atoms with van der Waals surface area (Å²) >= 11 is 0. The lowest BCUT2D eigenvalue weighted by atomic mass is 9.83. The van der Waals surface area contributed by atoms with Gasteiger partial charge in [0.15, 0.2) is 17.7 Å². The standard InChI is InChI=1S/C26H21NO3/c28-10-11-30-22-9-8-16-13-21-23-15(5-3-7-19(23)24(16)26(22)29)12-20-18-6-2-1-4-17(18)14-27-25(20)21/h1-2,4,6,8-9,12-14,28-29H,3,5,7,10-11H2/p+1. The molecule has 0 aliphatic heterocycles. The second-order valence-corrected chi connectivity index (χ2v) is 8.05. The van der Waals surface area contributed by atoms with Crippen molar-refractivity contribution in [3.05, 3.63) is 65.9 Å². The van der Waals surface area contributed by atoms with Crippen LogP contribution < -0.4 is 9.72 Å². The molecular weight excluding hydrogens is 374 g/mol. The number of H-pyrrole nitrogens is 1. The predicted octanol–water partition coefficient (Wildman–Crippen LogP) is 4.68. The Bertz CT molecular complexity index is 1470. The number of phenols is 1. The van der Waals surface area contributed by atoms with Crippen LogP contribution in [0.1, 0.15) is 17.5 Å². The largest absolute Gasteiger partial charge is 0.504 e. The summed E-state index contributed by atoms with van der Waals surface area (Å²) in [5.74, 6) is 0.603. The molecule has 0 bridgehead atoms. The molecule has 0 saturated heterocycles. The molecule has 4 aromatic carbocycles. The van der Waals surface area contributed by atoms with Crippen LogP contribution >= 0.6 is 0 Å². The van der Waals surface area contributed by atoms with E-state index in [1.807, 2.05) is 6.07 Å². The van der Waals surface area contributed by atoms with Crippen molar-refractivity contribution in [1.82, 2.24) is 0 Å². The number of hydrogen-bond donors (Lipinski definition) is 2. The van der Waals surface area contributed by atoms with E-state index in [1.165, 1.54) is 38.1 Å². The summed E-state index contributed by atoms with van der Waals surface area (Å²) in [6.45, 7) is 0.0852. The maximum Gasteiger partial charge on any atom is 0.219 e. The van der Waals surface area contributed by atoms with Crippen molar-refractivity contribution < 1.29 is 19.9 Å². The van der Waals surface area contributed by atoms with E-state index in [1.54, 1.807) is 6.07 Å². The Labute approximate surface area is 173 Å². The number of phenolic OH excluding ortho intramolecular Hbond substituents is 1. The van der Waals surface area contributed by atoms with Gasteiger partial charge in [0.2, 0.25) is 5.52 Å². The van der Waals surface area contributed by atoms with Crippen molar-refractivity contribution in [1.29, 1.82) is 0 Å². The van der Waals surface area contributed by atoms with Crippen LogP contribution in [-0.4, -0.2) is 23.4 Å². The van der Waals surface area contributed by atoms with Gasteiger partial charge in [-0.1, -0.05) is 24.3 Å². The fraction of sp³-hybridized carbons (Fsp3) is 0.192. The molecule has 6 rings (SSSR count). The van der Waals surface area contributed by atoms with Crippen LogP contribution in [0.15, 0.2) is 54.7 Å². The van der Waals surface area contributed by atoms with E-state index in [0.29, 0.717) is 5.75 Å². The number of fused-ring (bicyclic) bond motifs is 6. The fourth-order valence-electron chi connectivity index (χ4n) is 5.13. The van der Waals surface area contributed by atoms with Crippen LogP contribution in [0.3, 0.4) is 0 Å². The van der Waals surface area contributed by atoms with Crippen molar-refractivity contribution >= 4 is 43.2 Å². The topological polar surface area (TPSA) is 63.8 Å². The molecule has 1 aliphatic rings. The van der Waals surface area contributed by atoms with Gasteiger partial charge in [-0.15, -0.1) is 0 Å². The van der Waals surface area contributed by atoms with Gasteiger partial charge in [-0.05, 0) is 65.4 Å². The minimum atomic E-state index is -0.0814. The van der Waals surface area contributed by atoms with Gasteiger partial charge < -0.3 is 14.9 Å². The number of aromatic hydroxyl groups is 1.